The van der Waals surface area contributed by atoms with Gasteiger partial charge in [-0.05, 0) is 25.5 Å². The minimum Gasteiger partial charge on any atom is -0.344 e. The van der Waals surface area contributed by atoms with Crippen molar-refractivity contribution in [1.82, 2.24) is 19.6 Å². The van der Waals surface area contributed by atoms with Crippen molar-refractivity contribution in [2.24, 2.45) is 0 Å². The summed E-state index contributed by atoms with van der Waals surface area (Å²) in [7, 11) is 1.87. The van der Waals surface area contributed by atoms with Gasteiger partial charge in [0.2, 0.25) is 5.91 Å². The number of likely N-dealkylation sites (N-methyl/N-ethyl adjacent to an activating group) is 1. The van der Waals surface area contributed by atoms with Gasteiger partial charge in [0.15, 0.2) is 0 Å². The maximum absolute atomic E-state index is 11.5. The van der Waals surface area contributed by atoms with Crippen molar-refractivity contribution in [2.75, 3.05) is 13.6 Å². The zero-order chi connectivity index (χ0) is 14.1. The van der Waals surface area contributed by atoms with Gasteiger partial charge in [-0.25, -0.2) is 4.98 Å². The van der Waals surface area contributed by atoms with Gasteiger partial charge in [-0.3, -0.25) is 4.79 Å². The van der Waals surface area contributed by atoms with E-state index in [0.29, 0.717) is 12.5 Å². The maximum atomic E-state index is 11.5. The van der Waals surface area contributed by atoms with Gasteiger partial charge >= 0.3 is 0 Å². The van der Waals surface area contributed by atoms with Crippen molar-refractivity contribution in [3.63, 3.8) is 0 Å². The fraction of sp³-hybridized carbons (Fsp3) is 0.467. The summed E-state index contributed by atoms with van der Waals surface area (Å²) in [6.07, 6.45) is 3.60. The summed E-state index contributed by atoms with van der Waals surface area (Å²) in [5.41, 5.74) is 3.24. The van der Waals surface area contributed by atoms with Crippen LogP contribution in [-0.4, -0.2) is 39.8 Å². The molecule has 1 aliphatic heterocycles. The fourth-order valence-corrected chi connectivity index (χ4v) is 2.80. The molecule has 5 nitrogen and oxygen atoms in total. The van der Waals surface area contributed by atoms with Crippen LogP contribution in [0.15, 0.2) is 24.4 Å². The summed E-state index contributed by atoms with van der Waals surface area (Å²) in [5.74, 6) is 0.244. The minimum absolute atomic E-state index is 0.244. The van der Waals surface area contributed by atoms with E-state index < -0.39 is 0 Å². The molecule has 0 aromatic carbocycles. The van der Waals surface area contributed by atoms with Crippen molar-refractivity contribution in [3.8, 4) is 0 Å². The second-order valence-corrected chi connectivity index (χ2v) is 5.46. The number of hydrogen-bond donors (Lipinski definition) is 1. The van der Waals surface area contributed by atoms with E-state index in [2.05, 4.69) is 14.7 Å². The first-order valence-corrected chi connectivity index (χ1v) is 7.05. The second kappa shape index (κ2) is 5.25. The Kier molecular flexibility index (Phi) is 3.44. The number of nitrogens with one attached hydrogen (secondary N) is 1. The first-order chi connectivity index (χ1) is 9.65. The van der Waals surface area contributed by atoms with Crippen LogP contribution in [0.1, 0.15) is 24.2 Å². The van der Waals surface area contributed by atoms with E-state index in [0.717, 1.165) is 30.9 Å². The molecular formula is C15H20N4O. The highest BCUT2D eigenvalue weighted by Crippen LogP contribution is 2.14. The van der Waals surface area contributed by atoms with Crippen molar-refractivity contribution in [1.29, 1.82) is 0 Å². The number of likely N-dealkylation sites (tertiary alicyclic amines) is 1. The summed E-state index contributed by atoms with van der Waals surface area (Å²) < 4.78 is 2.13. The first kappa shape index (κ1) is 13.1. The van der Waals surface area contributed by atoms with E-state index >= 15 is 0 Å². The molecule has 5 heteroatoms. The van der Waals surface area contributed by atoms with Gasteiger partial charge in [0.25, 0.3) is 0 Å². The van der Waals surface area contributed by atoms with Crippen LogP contribution in [0.5, 0.6) is 0 Å². The number of pyridine rings is 1. The summed E-state index contributed by atoms with van der Waals surface area (Å²) >= 11 is 0. The Bertz CT molecular complexity index is 634. The number of amides is 1. The van der Waals surface area contributed by atoms with E-state index in [4.69, 9.17) is 0 Å². The highest BCUT2D eigenvalue weighted by atomic mass is 16.2. The van der Waals surface area contributed by atoms with Crippen molar-refractivity contribution in [2.45, 2.75) is 32.4 Å². The van der Waals surface area contributed by atoms with Gasteiger partial charge in [-0.2, -0.15) is 0 Å². The molecule has 1 aliphatic rings. The van der Waals surface area contributed by atoms with Crippen LogP contribution in [0.4, 0.5) is 0 Å². The molecule has 20 heavy (non-hydrogen) atoms. The molecule has 2 aromatic rings. The molecule has 3 rings (SSSR count). The molecule has 0 radical (unpaired) electrons. The smallest absolute Gasteiger partial charge is 0.222 e. The Morgan fingerprint density at radius 1 is 1.45 bits per heavy atom. The summed E-state index contributed by atoms with van der Waals surface area (Å²) in [5, 5.41) is 3.55. The Labute approximate surface area is 118 Å². The first-order valence-electron chi connectivity index (χ1n) is 7.05. The number of rotatable bonds is 3. The normalized spacial score (nSPS) is 19.8. The van der Waals surface area contributed by atoms with E-state index in [9.17, 15) is 4.79 Å². The molecule has 0 bridgehead atoms. The molecule has 1 N–H and O–H groups in total. The number of aryl methyl sites for hydroxylation is 1. The number of carbonyl (C=O) groups is 1. The number of nitrogens with zero attached hydrogens (tertiary/aromatic N) is 3. The molecule has 0 spiro atoms. The molecule has 1 unspecified atom stereocenters. The van der Waals surface area contributed by atoms with Gasteiger partial charge in [0.1, 0.15) is 5.65 Å². The van der Waals surface area contributed by atoms with Crippen molar-refractivity contribution in [3.05, 3.63) is 35.8 Å². The van der Waals surface area contributed by atoms with Crippen molar-refractivity contribution < 1.29 is 4.79 Å². The quantitative estimate of drug-likeness (QED) is 0.917. The van der Waals surface area contributed by atoms with Crippen LogP contribution in [-0.2, 0) is 11.3 Å². The predicted octanol–water partition coefficient (Wildman–Crippen LogP) is 1.35. The maximum Gasteiger partial charge on any atom is 0.222 e. The highest BCUT2D eigenvalue weighted by molar-refractivity contribution is 5.76. The molecule has 0 aliphatic carbocycles. The van der Waals surface area contributed by atoms with Crippen LogP contribution in [0.25, 0.3) is 5.65 Å². The summed E-state index contributed by atoms with van der Waals surface area (Å²) in [6.45, 7) is 3.61. The molecule has 1 fully saturated rings. The molecule has 106 valence electrons. The van der Waals surface area contributed by atoms with Crippen LogP contribution in [0.3, 0.4) is 0 Å². The van der Waals surface area contributed by atoms with Gasteiger partial charge < -0.3 is 14.6 Å². The number of piperidine rings is 1. The Morgan fingerprint density at radius 3 is 3.10 bits per heavy atom. The van der Waals surface area contributed by atoms with E-state index in [1.807, 2.05) is 43.3 Å². The highest BCUT2D eigenvalue weighted by Gasteiger charge is 2.22. The van der Waals surface area contributed by atoms with Crippen LogP contribution in [0.2, 0.25) is 0 Å². The Morgan fingerprint density at radius 2 is 2.30 bits per heavy atom. The fourth-order valence-electron chi connectivity index (χ4n) is 2.80. The standard InChI is InChI=1S/C15H20N4O/c1-11-13(19-8-4-3-5-14(19)17-11)9-16-12-6-7-15(20)18(2)10-12/h3-5,8,12,16H,6-7,9-10H2,1-2H3. The van der Waals surface area contributed by atoms with Crippen LogP contribution < -0.4 is 5.32 Å². The molecule has 3 heterocycles. The van der Waals surface area contributed by atoms with E-state index in [1.165, 1.54) is 5.69 Å². The average Bonchev–Trinajstić information content (AvgIpc) is 2.76. The van der Waals surface area contributed by atoms with Gasteiger partial charge in [-0.15, -0.1) is 0 Å². The lowest BCUT2D eigenvalue weighted by atomic mass is 10.1. The van der Waals surface area contributed by atoms with E-state index in [1.54, 1.807) is 0 Å². The second-order valence-electron chi connectivity index (χ2n) is 5.46. The summed E-state index contributed by atoms with van der Waals surface area (Å²) in [6, 6.07) is 6.40. The minimum atomic E-state index is 0.244. The monoisotopic (exact) mass is 272 g/mol. The lowest BCUT2D eigenvalue weighted by molar-refractivity contribution is -0.132. The molecule has 1 saturated heterocycles. The number of hydrogen-bond acceptors (Lipinski definition) is 3. The van der Waals surface area contributed by atoms with E-state index in [-0.39, 0.29) is 5.91 Å². The molecule has 2 aromatic heterocycles. The third-order valence-corrected chi connectivity index (χ3v) is 4.01. The SMILES string of the molecule is Cc1nc2ccccn2c1CNC1CCC(=O)N(C)C1. The topological polar surface area (TPSA) is 49.6 Å². The molecule has 1 amide bonds. The Balaban J connectivity index is 1.71. The van der Waals surface area contributed by atoms with Gasteiger partial charge in [0, 0.05) is 38.8 Å². The Hall–Kier alpha value is -1.88. The number of imidazole rings is 1. The molecule has 0 saturated carbocycles. The molecule has 1 atom stereocenters. The zero-order valence-corrected chi connectivity index (χ0v) is 12.0. The lowest BCUT2D eigenvalue weighted by Gasteiger charge is -2.30. The third-order valence-electron chi connectivity index (χ3n) is 4.01. The van der Waals surface area contributed by atoms with Crippen LogP contribution >= 0.6 is 0 Å². The predicted molar refractivity (Wildman–Crippen MR) is 77.4 cm³/mol. The number of carbonyl (C=O) groups excluding carboxylic acids is 1. The van der Waals surface area contributed by atoms with Gasteiger partial charge in [-0.1, -0.05) is 6.07 Å². The largest absolute Gasteiger partial charge is 0.344 e. The lowest BCUT2D eigenvalue weighted by Crippen LogP contribution is -2.46. The van der Waals surface area contributed by atoms with Gasteiger partial charge in [0.05, 0.1) is 11.4 Å². The zero-order valence-electron chi connectivity index (χ0n) is 12.0. The van der Waals surface area contributed by atoms with Crippen molar-refractivity contribution >= 4 is 11.6 Å². The number of fused-ring (bicyclic) bond motifs is 1. The molecular weight excluding hydrogens is 252 g/mol. The number of aromatic nitrogens is 2. The third kappa shape index (κ3) is 2.41. The summed E-state index contributed by atoms with van der Waals surface area (Å²) in [4.78, 5) is 17.9. The van der Waals surface area contributed by atoms with Crippen LogP contribution in [0, 0.1) is 6.92 Å². The average molecular weight is 272 g/mol.